The highest BCUT2D eigenvalue weighted by Crippen LogP contribution is 2.21. The predicted octanol–water partition coefficient (Wildman–Crippen LogP) is 5.04. The van der Waals surface area contributed by atoms with E-state index in [0.717, 1.165) is 6.54 Å². The molecule has 1 aromatic carbocycles. The summed E-state index contributed by atoms with van der Waals surface area (Å²) < 4.78 is 0. The van der Waals surface area contributed by atoms with Crippen molar-refractivity contribution in [1.82, 2.24) is 5.32 Å². The highest BCUT2D eigenvalue weighted by atomic mass is 14.9. The van der Waals surface area contributed by atoms with E-state index in [-0.39, 0.29) is 5.54 Å². The van der Waals surface area contributed by atoms with E-state index in [0.29, 0.717) is 5.92 Å². The molecule has 0 heterocycles. The summed E-state index contributed by atoms with van der Waals surface area (Å²) in [7, 11) is 0. The largest absolute Gasteiger partial charge is 0.308 e. The highest BCUT2D eigenvalue weighted by molar-refractivity contribution is 5.59. The lowest BCUT2D eigenvalue weighted by Crippen LogP contribution is -2.37. The van der Waals surface area contributed by atoms with E-state index in [9.17, 15) is 0 Å². The van der Waals surface area contributed by atoms with Crippen molar-refractivity contribution < 1.29 is 0 Å². The van der Waals surface area contributed by atoms with Gasteiger partial charge >= 0.3 is 0 Å². The molecule has 0 aliphatic rings. The first-order valence-electron chi connectivity index (χ1n) is 7.63. The molecular weight excluding hydrogens is 242 g/mol. The Balaban J connectivity index is 3.05. The van der Waals surface area contributed by atoms with Crippen LogP contribution in [-0.4, -0.2) is 12.1 Å². The molecule has 0 radical (unpaired) electrons. The van der Waals surface area contributed by atoms with E-state index in [1.807, 2.05) is 0 Å². The zero-order valence-corrected chi connectivity index (χ0v) is 14.5. The van der Waals surface area contributed by atoms with Crippen LogP contribution < -0.4 is 5.32 Å². The Morgan fingerprint density at radius 3 is 2.10 bits per heavy atom. The summed E-state index contributed by atoms with van der Waals surface area (Å²) in [5.74, 6) is 0.561. The van der Waals surface area contributed by atoms with Crippen LogP contribution >= 0.6 is 0 Å². The van der Waals surface area contributed by atoms with Crippen LogP contribution in [-0.2, 0) is 0 Å². The molecule has 0 unspecified atom stereocenters. The van der Waals surface area contributed by atoms with E-state index < -0.39 is 0 Å². The number of hydrogen-bond acceptors (Lipinski definition) is 1. The van der Waals surface area contributed by atoms with Gasteiger partial charge in [0.2, 0.25) is 0 Å². The Bertz CT molecular complexity index is 487. The van der Waals surface area contributed by atoms with Crippen molar-refractivity contribution in [3.8, 4) is 0 Å². The van der Waals surface area contributed by atoms with E-state index in [4.69, 9.17) is 0 Å². The van der Waals surface area contributed by atoms with Crippen molar-refractivity contribution in [1.29, 1.82) is 0 Å². The minimum Gasteiger partial charge on any atom is -0.308 e. The first kappa shape index (κ1) is 17.0. The highest BCUT2D eigenvalue weighted by Gasteiger charge is 2.12. The average molecular weight is 273 g/mol. The molecule has 0 saturated heterocycles. The van der Waals surface area contributed by atoms with Gasteiger partial charge in [-0.05, 0) is 69.7 Å². The van der Waals surface area contributed by atoms with E-state index in [2.05, 4.69) is 78.9 Å². The van der Waals surface area contributed by atoms with Crippen LogP contribution in [0, 0.1) is 26.7 Å². The molecule has 0 aliphatic heterocycles. The summed E-state index contributed by atoms with van der Waals surface area (Å²) in [6.45, 7) is 18.7. The molecule has 1 heteroatoms. The monoisotopic (exact) mass is 273 g/mol. The second-order valence-corrected chi connectivity index (χ2v) is 7.27. The summed E-state index contributed by atoms with van der Waals surface area (Å²) in [6.07, 6.45) is 2.37. The van der Waals surface area contributed by atoms with Gasteiger partial charge in [-0.1, -0.05) is 37.6 Å². The summed E-state index contributed by atoms with van der Waals surface area (Å²) in [5.41, 5.74) is 7.08. The molecule has 0 aliphatic carbocycles. The summed E-state index contributed by atoms with van der Waals surface area (Å²) in [5, 5.41) is 3.60. The fourth-order valence-electron chi connectivity index (χ4n) is 2.13. The Kier molecular flexibility index (Phi) is 5.59. The molecule has 0 saturated carbocycles. The molecule has 1 nitrogen and oxygen atoms in total. The Labute approximate surface area is 125 Å². The zero-order chi connectivity index (χ0) is 15.5. The molecule has 0 bridgehead atoms. The normalized spacial score (nSPS) is 13.2. The third kappa shape index (κ3) is 5.13. The smallest absolute Gasteiger partial charge is 0.0175 e. The van der Waals surface area contributed by atoms with Crippen molar-refractivity contribution in [2.45, 2.75) is 60.9 Å². The van der Waals surface area contributed by atoms with Crippen molar-refractivity contribution in [3.63, 3.8) is 0 Å². The van der Waals surface area contributed by atoms with Gasteiger partial charge in [0.05, 0.1) is 0 Å². The topological polar surface area (TPSA) is 12.0 Å². The fraction of sp³-hybridized carbons (Fsp3) is 0.579. The SMILES string of the molecule is Cc1cc(C)c(C=C(CNC(C)(C)C)C(C)C)cc1C. The van der Waals surface area contributed by atoms with Crippen LogP contribution in [0.25, 0.3) is 6.08 Å². The molecule has 0 amide bonds. The second kappa shape index (κ2) is 6.58. The minimum atomic E-state index is 0.159. The van der Waals surface area contributed by atoms with Crippen LogP contribution in [0.2, 0.25) is 0 Å². The van der Waals surface area contributed by atoms with E-state index >= 15 is 0 Å². The second-order valence-electron chi connectivity index (χ2n) is 7.27. The molecule has 1 aromatic rings. The number of hydrogen-bond donors (Lipinski definition) is 1. The number of aryl methyl sites for hydroxylation is 3. The molecule has 112 valence electrons. The molecular formula is C19H31N. The van der Waals surface area contributed by atoms with E-state index in [1.165, 1.54) is 27.8 Å². The molecule has 1 rings (SSSR count). The Morgan fingerprint density at radius 1 is 1.05 bits per heavy atom. The number of nitrogens with one attached hydrogen (secondary N) is 1. The van der Waals surface area contributed by atoms with Gasteiger partial charge in [0.15, 0.2) is 0 Å². The first-order chi connectivity index (χ1) is 9.10. The van der Waals surface area contributed by atoms with Gasteiger partial charge in [-0.15, -0.1) is 0 Å². The fourth-order valence-corrected chi connectivity index (χ4v) is 2.13. The Morgan fingerprint density at radius 2 is 1.60 bits per heavy atom. The summed E-state index contributed by atoms with van der Waals surface area (Å²) in [4.78, 5) is 0. The lowest BCUT2D eigenvalue weighted by Gasteiger charge is -2.23. The molecule has 0 fully saturated rings. The molecule has 20 heavy (non-hydrogen) atoms. The molecule has 0 atom stereocenters. The quantitative estimate of drug-likeness (QED) is 0.810. The number of benzene rings is 1. The molecule has 0 aromatic heterocycles. The van der Waals surface area contributed by atoms with Gasteiger partial charge in [-0.25, -0.2) is 0 Å². The third-order valence-electron chi connectivity index (χ3n) is 3.79. The molecule has 1 N–H and O–H groups in total. The minimum absolute atomic E-state index is 0.159. The third-order valence-corrected chi connectivity index (χ3v) is 3.79. The zero-order valence-electron chi connectivity index (χ0n) is 14.5. The van der Waals surface area contributed by atoms with E-state index in [1.54, 1.807) is 0 Å². The van der Waals surface area contributed by atoms with Gasteiger partial charge in [-0.3, -0.25) is 0 Å². The van der Waals surface area contributed by atoms with Crippen LogP contribution in [0.15, 0.2) is 17.7 Å². The van der Waals surface area contributed by atoms with Gasteiger partial charge < -0.3 is 5.32 Å². The van der Waals surface area contributed by atoms with Crippen molar-refractivity contribution in [3.05, 3.63) is 40.0 Å². The standard InChI is InChI=1S/C19H31N/c1-13(2)18(12-20-19(6,7)8)11-17-10-15(4)14(3)9-16(17)5/h9-11,13,20H,12H2,1-8H3. The maximum atomic E-state index is 3.60. The first-order valence-corrected chi connectivity index (χ1v) is 7.63. The Hall–Kier alpha value is -1.08. The van der Waals surface area contributed by atoms with Crippen molar-refractivity contribution in [2.75, 3.05) is 6.54 Å². The van der Waals surface area contributed by atoms with Crippen molar-refractivity contribution >= 4 is 6.08 Å². The number of rotatable bonds is 4. The van der Waals surface area contributed by atoms with Crippen LogP contribution in [0.3, 0.4) is 0 Å². The van der Waals surface area contributed by atoms with Crippen molar-refractivity contribution in [2.24, 2.45) is 5.92 Å². The maximum Gasteiger partial charge on any atom is 0.0175 e. The lowest BCUT2D eigenvalue weighted by atomic mass is 9.95. The summed E-state index contributed by atoms with van der Waals surface area (Å²) in [6, 6.07) is 4.60. The van der Waals surface area contributed by atoms with Gasteiger partial charge in [0.1, 0.15) is 0 Å². The molecule has 0 spiro atoms. The van der Waals surface area contributed by atoms with Gasteiger partial charge in [0, 0.05) is 12.1 Å². The van der Waals surface area contributed by atoms with Gasteiger partial charge in [-0.2, -0.15) is 0 Å². The van der Waals surface area contributed by atoms with Gasteiger partial charge in [0.25, 0.3) is 0 Å². The average Bonchev–Trinajstić information content (AvgIpc) is 2.29. The van der Waals surface area contributed by atoms with Crippen LogP contribution in [0.4, 0.5) is 0 Å². The maximum absolute atomic E-state index is 3.60. The predicted molar refractivity (Wildman–Crippen MR) is 91.2 cm³/mol. The van der Waals surface area contributed by atoms with Crippen LogP contribution in [0.1, 0.15) is 56.9 Å². The summed E-state index contributed by atoms with van der Waals surface area (Å²) >= 11 is 0. The lowest BCUT2D eigenvalue weighted by molar-refractivity contribution is 0.437. The van der Waals surface area contributed by atoms with Crippen LogP contribution in [0.5, 0.6) is 0 Å².